The summed E-state index contributed by atoms with van der Waals surface area (Å²) < 4.78 is 16.5. The van der Waals surface area contributed by atoms with Gasteiger partial charge in [0, 0.05) is 4.90 Å². The molecule has 0 saturated carbocycles. The molecule has 34 heavy (non-hydrogen) atoms. The van der Waals surface area contributed by atoms with Gasteiger partial charge in [0.15, 0.2) is 5.09 Å². The Morgan fingerprint density at radius 3 is 2.53 bits per heavy atom. The van der Waals surface area contributed by atoms with Gasteiger partial charge in [-0.25, -0.2) is 9.79 Å². The molecule has 1 N–H and O–H groups in total. The molecule has 1 aromatic heterocycles. The molecular formula is C26H23NO5S2. The molecule has 3 aromatic rings. The lowest BCUT2D eigenvalue weighted by Gasteiger charge is -2.05. The molecule has 0 spiro atoms. The SMILES string of the molecule is CCOC(=O)C1=C(O)C(=Cc2ccc(Sc3ccccc3)o2)SC1=Nc1ccc(OCC)cc1. The van der Waals surface area contributed by atoms with Gasteiger partial charge >= 0.3 is 5.97 Å². The van der Waals surface area contributed by atoms with Gasteiger partial charge in [-0.2, -0.15) is 0 Å². The molecule has 174 valence electrons. The van der Waals surface area contributed by atoms with E-state index >= 15 is 0 Å². The molecule has 4 rings (SSSR count). The number of carbonyl (C=O) groups excluding carboxylic acids is 1. The van der Waals surface area contributed by atoms with Gasteiger partial charge in [0.2, 0.25) is 0 Å². The summed E-state index contributed by atoms with van der Waals surface area (Å²) in [6, 6.07) is 20.8. The maximum absolute atomic E-state index is 12.6. The number of rotatable bonds is 8. The van der Waals surface area contributed by atoms with Crippen LogP contribution in [0.2, 0.25) is 0 Å². The Labute approximate surface area is 206 Å². The summed E-state index contributed by atoms with van der Waals surface area (Å²) in [5.74, 6) is 0.484. The highest BCUT2D eigenvalue weighted by Gasteiger charge is 2.33. The molecule has 0 radical (unpaired) electrons. The highest BCUT2D eigenvalue weighted by molar-refractivity contribution is 8.18. The van der Waals surface area contributed by atoms with E-state index in [2.05, 4.69) is 4.99 Å². The molecule has 6 nitrogen and oxygen atoms in total. The second-order valence-electron chi connectivity index (χ2n) is 6.97. The van der Waals surface area contributed by atoms with Crippen LogP contribution in [0, 0.1) is 0 Å². The van der Waals surface area contributed by atoms with Crippen molar-refractivity contribution in [3.05, 3.63) is 88.7 Å². The van der Waals surface area contributed by atoms with Gasteiger partial charge in [-0.3, -0.25) is 0 Å². The smallest absolute Gasteiger partial charge is 0.344 e. The van der Waals surface area contributed by atoms with Crippen molar-refractivity contribution in [2.45, 2.75) is 23.8 Å². The largest absolute Gasteiger partial charge is 0.506 e. The lowest BCUT2D eigenvalue weighted by molar-refractivity contribution is -0.138. The van der Waals surface area contributed by atoms with Gasteiger partial charge in [0.25, 0.3) is 0 Å². The van der Waals surface area contributed by atoms with E-state index in [1.54, 1.807) is 25.1 Å². The normalized spacial score (nSPS) is 15.8. The second kappa shape index (κ2) is 11.2. The zero-order valence-corrected chi connectivity index (χ0v) is 20.3. The standard InChI is InChI=1S/C26H23NO5S2/c1-3-30-18-12-10-17(11-13-18)27-25-23(26(29)31-4-2)24(28)21(34-25)16-19-14-15-22(32-19)33-20-8-6-5-7-9-20/h5-16,28H,3-4H2,1-2H3. The van der Waals surface area contributed by atoms with Gasteiger partial charge in [-0.05, 0) is 68.5 Å². The minimum Gasteiger partial charge on any atom is -0.506 e. The zero-order valence-electron chi connectivity index (χ0n) is 18.7. The van der Waals surface area contributed by atoms with Crippen LogP contribution < -0.4 is 4.74 Å². The van der Waals surface area contributed by atoms with E-state index < -0.39 is 5.97 Å². The molecule has 0 atom stereocenters. The Morgan fingerprint density at radius 1 is 1.06 bits per heavy atom. The van der Waals surface area contributed by atoms with Crippen molar-refractivity contribution in [2.75, 3.05) is 13.2 Å². The van der Waals surface area contributed by atoms with Crippen molar-refractivity contribution in [1.82, 2.24) is 0 Å². The van der Waals surface area contributed by atoms with Crippen LogP contribution in [0.15, 0.2) is 102 Å². The highest BCUT2D eigenvalue weighted by atomic mass is 32.2. The van der Waals surface area contributed by atoms with Crippen LogP contribution in [-0.4, -0.2) is 29.3 Å². The number of furan rings is 1. The van der Waals surface area contributed by atoms with E-state index in [-0.39, 0.29) is 17.9 Å². The van der Waals surface area contributed by atoms with Crippen molar-refractivity contribution in [2.24, 2.45) is 4.99 Å². The number of benzene rings is 2. The Morgan fingerprint density at radius 2 is 1.82 bits per heavy atom. The van der Waals surface area contributed by atoms with Gasteiger partial charge in [-0.1, -0.05) is 41.7 Å². The van der Waals surface area contributed by atoms with Gasteiger partial charge in [0.1, 0.15) is 27.9 Å². The zero-order chi connectivity index (χ0) is 23.9. The molecule has 0 aliphatic carbocycles. The van der Waals surface area contributed by atoms with E-state index in [1.165, 1.54) is 23.5 Å². The summed E-state index contributed by atoms with van der Waals surface area (Å²) in [5.41, 5.74) is 0.666. The number of hydrogen-bond donors (Lipinski definition) is 1. The highest BCUT2D eigenvalue weighted by Crippen LogP contribution is 2.41. The monoisotopic (exact) mass is 493 g/mol. The van der Waals surface area contributed by atoms with Crippen LogP contribution in [0.1, 0.15) is 19.6 Å². The average Bonchev–Trinajstić information content (AvgIpc) is 3.40. The Hall–Kier alpha value is -3.36. The molecular weight excluding hydrogens is 470 g/mol. The summed E-state index contributed by atoms with van der Waals surface area (Å²) in [7, 11) is 0. The van der Waals surface area contributed by atoms with Crippen molar-refractivity contribution >= 4 is 46.3 Å². The summed E-state index contributed by atoms with van der Waals surface area (Å²) in [6.07, 6.45) is 1.69. The predicted molar refractivity (Wildman–Crippen MR) is 136 cm³/mol. The van der Waals surface area contributed by atoms with Crippen LogP contribution in [-0.2, 0) is 9.53 Å². The lowest BCUT2D eigenvalue weighted by Crippen LogP contribution is -2.12. The lowest BCUT2D eigenvalue weighted by atomic mass is 10.2. The number of thioether (sulfide) groups is 1. The first-order valence-electron chi connectivity index (χ1n) is 10.7. The number of aliphatic imine (C=N–C) groups is 1. The summed E-state index contributed by atoms with van der Waals surface area (Å²) in [5, 5.41) is 11.9. The number of hydrogen-bond acceptors (Lipinski definition) is 8. The summed E-state index contributed by atoms with van der Waals surface area (Å²) >= 11 is 2.69. The quantitative estimate of drug-likeness (QED) is 0.338. The van der Waals surface area contributed by atoms with Crippen molar-refractivity contribution in [1.29, 1.82) is 0 Å². The van der Waals surface area contributed by atoms with E-state index in [0.717, 1.165) is 15.7 Å². The molecule has 0 fully saturated rings. The van der Waals surface area contributed by atoms with Crippen molar-refractivity contribution in [3.63, 3.8) is 0 Å². The molecule has 0 bridgehead atoms. The molecule has 8 heteroatoms. The second-order valence-corrected chi connectivity index (χ2v) is 9.08. The molecule has 0 unspecified atom stereocenters. The maximum atomic E-state index is 12.6. The topological polar surface area (TPSA) is 81.3 Å². The number of carbonyl (C=O) groups is 1. The minimum atomic E-state index is -0.625. The fraction of sp³-hybridized carbons (Fsp3) is 0.154. The van der Waals surface area contributed by atoms with Crippen LogP contribution in [0.4, 0.5) is 5.69 Å². The number of aliphatic hydroxyl groups is 1. The maximum Gasteiger partial charge on any atom is 0.344 e. The first-order valence-corrected chi connectivity index (χ1v) is 12.4. The Balaban J connectivity index is 1.61. The van der Waals surface area contributed by atoms with Crippen LogP contribution in [0.3, 0.4) is 0 Å². The van der Waals surface area contributed by atoms with E-state index in [4.69, 9.17) is 13.9 Å². The molecule has 1 aliphatic rings. The number of ether oxygens (including phenoxy) is 2. The van der Waals surface area contributed by atoms with E-state index in [0.29, 0.717) is 28.0 Å². The number of nitrogens with zero attached hydrogens (tertiary/aromatic N) is 1. The molecule has 2 heterocycles. The van der Waals surface area contributed by atoms with E-state index in [9.17, 15) is 9.90 Å². The van der Waals surface area contributed by atoms with Crippen LogP contribution in [0.25, 0.3) is 6.08 Å². The number of aliphatic hydroxyl groups excluding tert-OH is 1. The first-order chi connectivity index (χ1) is 16.6. The molecule has 0 amide bonds. The first kappa shape index (κ1) is 23.8. The molecule has 1 aliphatic heterocycles. The third-order valence-corrected chi connectivity index (χ3v) is 6.53. The van der Waals surface area contributed by atoms with Crippen LogP contribution in [0.5, 0.6) is 5.75 Å². The summed E-state index contributed by atoms with van der Waals surface area (Å²) in [6.45, 7) is 4.39. The summed E-state index contributed by atoms with van der Waals surface area (Å²) in [4.78, 5) is 18.7. The Kier molecular flexibility index (Phi) is 7.82. The van der Waals surface area contributed by atoms with E-state index in [1.807, 2.05) is 61.5 Å². The Bertz CT molecular complexity index is 1240. The average molecular weight is 494 g/mol. The fourth-order valence-corrected chi connectivity index (χ4v) is 4.91. The number of esters is 1. The van der Waals surface area contributed by atoms with Gasteiger partial charge in [0.05, 0.1) is 23.8 Å². The molecule has 2 aromatic carbocycles. The fourth-order valence-electron chi connectivity index (χ4n) is 3.09. The van der Waals surface area contributed by atoms with Crippen molar-refractivity contribution in [3.8, 4) is 5.75 Å². The third kappa shape index (κ3) is 5.76. The van der Waals surface area contributed by atoms with Crippen LogP contribution >= 0.6 is 23.5 Å². The van der Waals surface area contributed by atoms with Gasteiger partial charge < -0.3 is 19.0 Å². The van der Waals surface area contributed by atoms with Crippen molar-refractivity contribution < 1.29 is 23.8 Å². The third-order valence-electron chi connectivity index (χ3n) is 4.59. The van der Waals surface area contributed by atoms with Gasteiger partial charge in [-0.15, -0.1) is 0 Å². The minimum absolute atomic E-state index is 0.0393. The predicted octanol–water partition coefficient (Wildman–Crippen LogP) is 7.02. The molecule has 0 saturated heterocycles.